The van der Waals surface area contributed by atoms with Crippen molar-refractivity contribution in [1.29, 1.82) is 5.26 Å². The quantitative estimate of drug-likeness (QED) is 0.695. The Morgan fingerprint density at radius 3 is 2.61 bits per heavy atom. The number of nitriles is 1. The van der Waals surface area contributed by atoms with E-state index in [0.717, 1.165) is 11.4 Å². The third-order valence-electron chi connectivity index (χ3n) is 3.19. The van der Waals surface area contributed by atoms with E-state index in [1.807, 2.05) is 32.0 Å². The number of pyridine rings is 1. The van der Waals surface area contributed by atoms with Crippen molar-refractivity contribution in [2.45, 2.75) is 13.8 Å². The number of hydrogen-bond acceptors (Lipinski definition) is 6. The molecule has 0 aliphatic carbocycles. The van der Waals surface area contributed by atoms with Gasteiger partial charge in [0.15, 0.2) is 0 Å². The van der Waals surface area contributed by atoms with Crippen molar-refractivity contribution in [2.24, 2.45) is 0 Å². The van der Waals surface area contributed by atoms with Gasteiger partial charge in [-0.05, 0) is 48.0 Å². The summed E-state index contributed by atoms with van der Waals surface area (Å²) in [4.78, 5) is 13.0. The highest BCUT2D eigenvalue weighted by molar-refractivity contribution is 9.10. The zero-order valence-corrected chi connectivity index (χ0v) is 14.0. The highest BCUT2D eigenvalue weighted by Crippen LogP contribution is 2.25. The SMILES string of the molecule is Cc1cc(C)n(-c2nc(N)c(C#N)c(-c3cccc(Br)n3)n2)n1. The second-order valence-corrected chi connectivity index (χ2v) is 5.74. The van der Waals surface area contributed by atoms with Gasteiger partial charge in [0.05, 0.1) is 11.4 Å². The van der Waals surface area contributed by atoms with Gasteiger partial charge >= 0.3 is 0 Å². The summed E-state index contributed by atoms with van der Waals surface area (Å²) in [6, 6.07) is 9.33. The van der Waals surface area contributed by atoms with Crippen LogP contribution in [0.1, 0.15) is 17.0 Å². The average molecular weight is 370 g/mol. The smallest absolute Gasteiger partial charge is 0.253 e. The lowest BCUT2D eigenvalue weighted by molar-refractivity contribution is 0.776. The molecule has 0 saturated heterocycles. The van der Waals surface area contributed by atoms with Gasteiger partial charge in [0.2, 0.25) is 0 Å². The zero-order valence-electron chi connectivity index (χ0n) is 12.4. The Balaban J connectivity index is 2.27. The first-order valence-electron chi connectivity index (χ1n) is 6.74. The van der Waals surface area contributed by atoms with E-state index in [4.69, 9.17) is 5.73 Å². The fourth-order valence-electron chi connectivity index (χ4n) is 2.23. The van der Waals surface area contributed by atoms with Gasteiger partial charge in [0.25, 0.3) is 5.95 Å². The summed E-state index contributed by atoms with van der Waals surface area (Å²) >= 11 is 3.32. The van der Waals surface area contributed by atoms with Crippen LogP contribution in [0.15, 0.2) is 28.9 Å². The number of anilines is 1. The normalized spacial score (nSPS) is 10.5. The molecular weight excluding hydrogens is 358 g/mol. The van der Waals surface area contributed by atoms with E-state index in [-0.39, 0.29) is 11.4 Å². The van der Waals surface area contributed by atoms with Crippen molar-refractivity contribution in [3.8, 4) is 23.4 Å². The van der Waals surface area contributed by atoms with Gasteiger partial charge in [-0.2, -0.15) is 15.3 Å². The minimum atomic E-state index is 0.0989. The Kier molecular flexibility index (Phi) is 3.80. The van der Waals surface area contributed by atoms with Gasteiger partial charge in [-0.25, -0.2) is 14.6 Å². The van der Waals surface area contributed by atoms with E-state index < -0.39 is 0 Å². The van der Waals surface area contributed by atoms with Crippen LogP contribution in [0.25, 0.3) is 17.3 Å². The first kappa shape index (κ1) is 15.1. The van der Waals surface area contributed by atoms with Crippen molar-refractivity contribution in [3.05, 3.63) is 45.8 Å². The molecular formula is C15H12BrN7. The van der Waals surface area contributed by atoms with Crippen molar-refractivity contribution in [2.75, 3.05) is 5.73 Å². The molecule has 3 aromatic rings. The monoisotopic (exact) mass is 369 g/mol. The van der Waals surface area contributed by atoms with Crippen LogP contribution < -0.4 is 5.73 Å². The van der Waals surface area contributed by atoms with Crippen LogP contribution >= 0.6 is 15.9 Å². The Hall–Kier alpha value is -2.79. The topological polar surface area (TPSA) is 106 Å². The first-order chi connectivity index (χ1) is 11.0. The van der Waals surface area contributed by atoms with Gasteiger partial charge in [0, 0.05) is 5.69 Å². The first-order valence-corrected chi connectivity index (χ1v) is 7.53. The molecule has 0 saturated carbocycles. The molecule has 7 nitrogen and oxygen atoms in total. The molecule has 114 valence electrons. The molecule has 3 aromatic heterocycles. The van der Waals surface area contributed by atoms with E-state index in [0.29, 0.717) is 21.9 Å². The Morgan fingerprint density at radius 2 is 2.00 bits per heavy atom. The molecule has 3 rings (SSSR count). The molecule has 2 N–H and O–H groups in total. The van der Waals surface area contributed by atoms with Crippen molar-refractivity contribution in [1.82, 2.24) is 24.7 Å². The molecule has 0 spiro atoms. The van der Waals surface area contributed by atoms with E-state index in [1.165, 1.54) is 0 Å². The molecule has 0 radical (unpaired) electrons. The van der Waals surface area contributed by atoms with E-state index in [1.54, 1.807) is 16.8 Å². The van der Waals surface area contributed by atoms with E-state index >= 15 is 0 Å². The molecule has 0 aliphatic rings. The fourth-order valence-corrected chi connectivity index (χ4v) is 2.57. The zero-order chi connectivity index (χ0) is 16.6. The van der Waals surface area contributed by atoms with Crippen molar-refractivity contribution in [3.63, 3.8) is 0 Å². The van der Waals surface area contributed by atoms with Crippen LogP contribution in [0.5, 0.6) is 0 Å². The third-order valence-corrected chi connectivity index (χ3v) is 3.64. The molecule has 0 fully saturated rings. The summed E-state index contributed by atoms with van der Waals surface area (Å²) in [6.07, 6.45) is 0. The predicted octanol–water partition coefficient (Wildman–Crippen LogP) is 2.56. The highest BCUT2D eigenvalue weighted by atomic mass is 79.9. The van der Waals surface area contributed by atoms with Gasteiger partial charge < -0.3 is 5.73 Å². The van der Waals surface area contributed by atoms with E-state index in [9.17, 15) is 5.26 Å². The second kappa shape index (κ2) is 5.78. The molecule has 8 heteroatoms. The Morgan fingerprint density at radius 1 is 1.22 bits per heavy atom. The molecule has 0 bridgehead atoms. The molecule has 0 atom stereocenters. The fraction of sp³-hybridized carbons (Fsp3) is 0.133. The number of nitrogens with two attached hydrogens (primary N) is 1. The number of nitrogens with zero attached hydrogens (tertiary/aromatic N) is 6. The average Bonchev–Trinajstić information content (AvgIpc) is 2.85. The number of halogens is 1. The summed E-state index contributed by atoms with van der Waals surface area (Å²) in [5.41, 5.74) is 8.78. The van der Waals surface area contributed by atoms with Crippen LogP contribution in [-0.4, -0.2) is 24.7 Å². The highest BCUT2D eigenvalue weighted by Gasteiger charge is 2.17. The van der Waals surface area contributed by atoms with Crippen LogP contribution in [0.4, 0.5) is 5.82 Å². The molecule has 3 heterocycles. The van der Waals surface area contributed by atoms with Gasteiger partial charge in [-0.15, -0.1) is 0 Å². The maximum Gasteiger partial charge on any atom is 0.253 e. The lowest BCUT2D eigenvalue weighted by Gasteiger charge is -2.09. The standard InChI is InChI=1S/C15H12BrN7/c1-8-6-9(2)23(22-8)15-20-13(10(7-17)14(18)21-15)11-4-3-5-12(16)19-11/h3-6H,1-2H3,(H2,18,20,21). The van der Waals surface area contributed by atoms with Crippen LogP contribution in [-0.2, 0) is 0 Å². The minimum Gasteiger partial charge on any atom is -0.382 e. The van der Waals surface area contributed by atoms with Crippen LogP contribution in [0.3, 0.4) is 0 Å². The Labute approximate surface area is 141 Å². The summed E-state index contributed by atoms with van der Waals surface area (Å²) in [5.74, 6) is 0.408. The van der Waals surface area contributed by atoms with Crippen LogP contribution in [0, 0.1) is 25.2 Å². The minimum absolute atomic E-state index is 0.0989. The maximum atomic E-state index is 9.38. The maximum absolute atomic E-state index is 9.38. The summed E-state index contributed by atoms with van der Waals surface area (Å²) in [6.45, 7) is 3.78. The lowest BCUT2D eigenvalue weighted by atomic mass is 10.1. The largest absolute Gasteiger partial charge is 0.382 e. The van der Waals surface area contributed by atoms with Crippen molar-refractivity contribution < 1.29 is 0 Å². The van der Waals surface area contributed by atoms with Gasteiger partial charge in [-0.3, -0.25) is 0 Å². The van der Waals surface area contributed by atoms with Gasteiger partial charge in [0.1, 0.15) is 27.7 Å². The number of hydrogen-bond donors (Lipinski definition) is 1. The van der Waals surface area contributed by atoms with Gasteiger partial charge in [-0.1, -0.05) is 6.07 Å². The number of aromatic nitrogens is 5. The molecule has 23 heavy (non-hydrogen) atoms. The van der Waals surface area contributed by atoms with E-state index in [2.05, 4.69) is 36.0 Å². The van der Waals surface area contributed by atoms with Crippen LogP contribution in [0.2, 0.25) is 0 Å². The summed E-state index contributed by atoms with van der Waals surface area (Å²) < 4.78 is 2.23. The predicted molar refractivity (Wildman–Crippen MR) is 88.7 cm³/mol. The number of aryl methyl sites for hydroxylation is 2. The number of rotatable bonds is 2. The molecule has 0 aliphatic heterocycles. The molecule has 0 amide bonds. The summed E-state index contributed by atoms with van der Waals surface area (Å²) in [7, 11) is 0. The molecule has 0 aromatic carbocycles. The Bertz CT molecular complexity index is 939. The second-order valence-electron chi connectivity index (χ2n) is 4.93. The van der Waals surface area contributed by atoms with Crippen molar-refractivity contribution >= 4 is 21.7 Å². The molecule has 0 unspecified atom stereocenters. The third kappa shape index (κ3) is 2.78. The number of nitrogen functional groups attached to an aromatic ring is 1. The summed E-state index contributed by atoms with van der Waals surface area (Å²) in [5, 5.41) is 13.7. The lowest BCUT2D eigenvalue weighted by Crippen LogP contribution is -2.10.